The molecule has 4 nitrogen and oxygen atoms in total. The van der Waals surface area contributed by atoms with Crippen LogP contribution in [0.4, 0.5) is 0 Å². The van der Waals surface area contributed by atoms with E-state index in [-0.39, 0.29) is 17.6 Å². The van der Waals surface area contributed by atoms with E-state index in [4.69, 9.17) is 4.74 Å². The number of amides is 1. The maximum atomic E-state index is 12.7. The lowest BCUT2D eigenvalue weighted by Gasteiger charge is -2.31. The second kappa shape index (κ2) is 9.09. The highest BCUT2D eigenvalue weighted by Crippen LogP contribution is 2.25. The van der Waals surface area contributed by atoms with E-state index in [2.05, 4.69) is 19.1 Å². The molecule has 0 atom stereocenters. The van der Waals surface area contributed by atoms with Gasteiger partial charge in [-0.1, -0.05) is 17.7 Å². The summed E-state index contributed by atoms with van der Waals surface area (Å²) in [5.41, 5.74) is 1.93. The summed E-state index contributed by atoms with van der Waals surface area (Å²) in [5.74, 6) is 1.50. The minimum Gasteiger partial charge on any atom is -0.497 e. The standard InChI is InChI=1S/C22H25NO3S/c1-16-3-9-20(10-4-16)27-15-21(24)23-13-11-18(12-14-23)22(25)17-5-7-19(26-2)8-6-17/h3-10,18H,11-15H2,1-2H3. The third-order valence-corrected chi connectivity index (χ3v) is 5.97. The minimum atomic E-state index is -0.00723. The SMILES string of the molecule is COc1ccc(C(=O)C2CCN(C(=O)CSc3ccc(C)cc3)CC2)cc1. The molecule has 1 aliphatic heterocycles. The van der Waals surface area contributed by atoms with E-state index in [1.54, 1.807) is 18.9 Å². The van der Waals surface area contributed by atoms with Gasteiger partial charge in [0, 0.05) is 29.5 Å². The summed E-state index contributed by atoms with van der Waals surface area (Å²) in [7, 11) is 1.61. The number of Topliss-reactive ketones (excluding diaryl/α,β-unsaturated/α-hetero) is 1. The van der Waals surface area contributed by atoms with Crippen LogP contribution in [-0.4, -0.2) is 42.5 Å². The zero-order valence-electron chi connectivity index (χ0n) is 15.8. The number of methoxy groups -OCH3 is 1. The Morgan fingerprint density at radius 1 is 1.04 bits per heavy atom. The smallest absolute Gasteiger partial charge is 0.232 e. The Kier molecular flexibility index (Phi) is 6.56. The molecule has 5 heteroatoms. The lowest BCUT2D eigenvalue weighted by Crippen LogP contribution is -2.41. The number of carbonyl (C=O) groups excluding carboxylic acids is 2. The Morgan fingerprint density at radius 3 is 2.26 bits per heavy atom. The average Bonchev–Trinajstić information content (AvgIpc) is 2.73. The molecule has 0 spiro atoms. The maximum absolute atomic E-state index is 12.7. The van der Waals surface area contributed by atoms with Crippen LogP contribution in [0.1, 0.15) is 28.8 Å². The van der Waals surface area contributed by atoms with Crippen LogP contribution in [-0.2, 0) is 4.79 Å². The number of hydrogen-bond donors (Lipinski definition) is 0. The first kappa shape index (κ1) is 19.5. The zero-order valence-corrected chi connectivity index (χ0v) is 16.6. The molecule has 0 aliphatic carbocycles. The first-order valence-corrected chi connectivity index (χ1v) is 10.2. The van der Waals surface area contributed by atoms with Crippen molar-refractivity contribution in [3.63, 3.8) is 0 Å². The highest BCUT2D eigenvalue weighted by molar-refractivity contribution is 8.00. The van der Waals surface area contributed by atoms with E-state index < -0.39 is 0 Å². The van der Waals surface area contributed by atoms with Crippen LogP contribution in [0.3, 0.4) is 0 Å². The Labute approximate surface area is 164 Å². The van der Waals surface area contributed by atoms with E-state index in [9.17, 15) is 9.59 Å². The lowest BCUT2D eigenvalue weighted by molar-refractivity contribution is -0.129. The van der Waals surface area contributed by atoms with E-state index in [1.807, 2.05) is 41.3 Å². The number of ketones is 1. The largest absolute Gasteiger partial charge is 0.497 e. The maximum Gasteiger partial charge on any atom is 0.232 e. The van der Waals surface area contributed by atoms with Crippen molar-refractivity contribution in [3.8, 4) is 5.75 Å². The summed E-state index contributed by atoms with van der Waals surface area (Å²) in [5, 5.41) is 0. The van der Waals surface area contributed by atoms with E-state index >= 15 is 0 Å². The summed E-state index contributed by atoms with van der Waals surface area (Å²) < 4.78 is 5.14. The van der Waals surface area contributed by atoms with Crippen molar-refractivity contribution < 1.29 is 14.3 Å². The minimum absolute atomic E-state index is 0.00723. The van der Waals surface area contributed by atoms with E-state index in [0.29, 0.717) is 18.8 Å². The van der Waals surface area contributed by atoms with E-state index in [0.717, 1.165) is 29.1 Å². The van der Waals surface area contributed by atoms with Gasteiger partial charge in [-0.3, -0.25) is 9.59 Å². The summed E-state index contributed by atoms with van der Waals surface area (Å²) >= 11 is 1.57. The van der Waals surface area contributed by atoms with Crippen molar-refractivity contribution in [2.24, 2.45) is 5.92 Å². The van der Waals surface area contributed by atoms with Crippen LogP contribution in [0.5, 0.6) is 5.75 Å². The second-order valence-electron chi connectivity index (χ2n) is 6.85. The quantitative estimate of drug-likeness (QED) is 0.554. The molecule has 0 unspecified atom stereocenters. The number of likely N-dealkylation sites (tertiary alicyclic amines) is 1. The van der Waals surface area contributed by atoms with Crippen LogP contribution < -0.4 is 4.74 Å². The fourth-order valence-corrected chi connectivity index (χ4v) is 4.05. The van der Waals surface area contributed by atoms with Crippen molar-refractivity contribution >= 4 is 23.5 Å². The van der Waals surface area contributed by atoms with Gasteiger partial charge in [0.2, 0.25) is 5.91 Å². The molecule has 27 heavy (non-hydrogen) atoms. The Bertz CT molecular complexity index is 778. The van der Waals surface area contributed by atoms with Gasteiger partial charge in [-0.05, 0) is 56.2 Å². The molecule has 0 saturated carbocycles. The van der Waals surface area contributed by atoms with Gasteiger partial charge in [-0.15, -0.1) is 11.8 Å². The Balaban J connectivity index is 1.48. The normalized spacial score (nSPS) is 14.8. The molecule has 2 aromatic carbocycles. The highest BCUT2D eigenvalue weighted by Gasteiger charge is 2.27. The zero-order chi connectivity index (χ0) is 19.2. The van der Waals surface area contributed by atoms with Gasteiger partial charge in [-0.2, -0.15) is 0 Å². The summed E-state index contributed by atoms with van der Waals surface area (Å²) in [4.78, 5) is 28.1. The molecule has 3 rings (SSSR count). The van der Waals surface area contributed by atoms with Crippen LogP contribution in [0, 0.1) is 12.8 Å². The van der Waals surface area contributed by atoms with Gasteiger partial charge in [0.15, 0.2) is 5.78 Å². The van der Waals surface area contributed by atoms with Gasteiger partial charge in [0.05, 0.1) is 12.9 Å². The molecule has 0 aromatic heterocycles. The molecular formula is C22H25NO3S. The van der Waals surface area contributed by atoms with Crippen molar-refractivity contribution in [2.75, 3.05) is 26.0 Å². The number of ether oxygens (including phenoxy) is 1. The molecule has 142 valence electrons. The van der Waals surface area contributed by atoms with Gasteiger partial charge < -0.3 is 9.64 Å². The number of nitrogens with zero attached hydrogens (tertiary/aromatic N) is 1. The first-order chi connectivity index (χ1) is 13.1. The fourth-order valence-electron chi connectivity index (χ4n) is 3.25. The van der Waals surface area contributed by atoms with Crippen molar-refractivity contribution in [1.82, 2.24) is 4.90 Å². The van der Waals surface area contributed by atoms with Crippen LogP contribution in [0.15, 0.2) is 53.4 Å². The topological polar surface area (TPSA) is 46.6 Å². The molecule has 1 saturated heterocycles. The molecule has 0 N–H and O–H groups in total. The Morgan fingerprint density at radius 2 is 1.67 bits per heavy atom. The number of carbonyl (C=O) groups is 2. The predicted octanol–water partition coefficient (Wildman–Crippen LogP) is 4.22. The second-order valence-corrected chi connectivity index (χ2v) is 7.90. The highest BCUT2D eigenvalue weighted by atomic mass is 32.2. The summed E-state index contributed by atoms with van der Waals surface area (Å²) in [6.07, 6.45) is 1.46. The molecule has 1 aliphatic rings. The molecule has 0 radical (unpaired) electrons. The number of piperidine rings is 1. The number of aryl methyl sites for hydroxylation is 1. The van der Waals surface area contributed by atoms with Crippen molar-refractivity contribution in [2.45, 2.75) is 24.7 Å². The fraction of sp³-hybridized carbons (Fsp3) is 0.364. The Hall–Kier alpha value is -2.27. The molecule has 1 heterocycles. The number of hydrogen-bond acceptors (Lipinski definition) is 4. The van der Waals surface area contributed by atoms with Gasteiger partial charge in [-0.25, -0.2) is 0 Å². The summed E-state index contributed by atoms with van der Waals surface area (Å²) in [6.45, 7) is 3.36. The third kappa shape index (κ3) is 5.13. The van der Waals surface area contributed by atoms with Crippen LogP contribution >= 0.6 is 11.8 Å². The lowest BCUT2D eigenvalue weighted by atomic mass is 9.89. The molecular weight excluding hydrogens is 358 g/mol. The number of benzene rings is 2. The molecule has 0 bridgehead atoms. The predicted molar refractivity (Wildman–Crippen MR) is 109 cm³/mol. The first-order valence-electron chi connectivity index (χ1n) is 9.22. The average molecular weight is 384 g/mol. The number of rotatable bonds is 6. The van der Waals surface area contributed by atoms with Crippen molar-refractivity contribution in [1.29, 1.82) is 0 Å². The molecule has 1 amide bonds. The van der Waals surface area contributed by atoms with Gasteiger partial charge in [0.25, 0.3) is 0 Å². The van der Waals surface area contributed by atoms with Crippen LogP contribution in [0.25, 0.3) is 0 Å². The third-order valence-electron chi connectivity index (χ3n) is 4.98. The van der Waals surface area contributed by atoms with Gasteiger partial charge in [0.1, 0.15) is 5.75 Å². The number of thioether (sulfide) groups is 1. The van der Waals surface area contributed by atoms with Crippen molar-refractivity contribution in [3.05, 3.63) is 59.7 Å². The van der Waals surface area contributed by atoms with E-state index in [1.165, 1.54) is 5.56 Å². The van der Waals surface area contributed by atoms with Crippen LogP contribution in [0.2, 0.25) is 0 Å². The molecule has 1 fully saturated rings. The monoisotopic (exact) mass is 383 g/mol. The van der Waals surface area contributed by atoms with Gasteiger partial charge >= 0.3 is 0 Å². The summed E-state index contributed by atoms with van der Waals surface area (Å²) in [6, 6.07) is 15.5. The molecule has 2 aromatic rings.